The molecule has 1 N–H and O–H groups in total. The molecule has 0 spiro atoms. The molecule has 12 heteroatoms. The third kappa shape index (κ3) is 4.58. The number of aliphatic hydroxyl groups is 1. The Hall–Kier alpha value is -2.89. The smallest absolute Gasteiger partial charge is 0.383 e. The first-order valence-electron chi connectivity index (χ1n) is 9.37. The molecule has 1 aliphatic rings. The summed E-state index contributed by atoms with van der Waals surface area (Å²) in [6.45, 7) is 2.78. The predicted molar refractivity (Wildman–Crippen MR) is 105 cm³/mol. The minimum absolute atomic E-state index is 0.00649. The van der Waals surface area contributed by atoms with Gasteiger partial charge in [0.2, 0.25) is 5.89 Å². The van der Waals surface area contributed by atoms with E-state index in [-0.39, 0.29) is 24.3 Å². The first-order valence-corrected chi connectivity index (χ1v) is 9.75. The lowest BCUT2D eigenvalue weighted by Gasteiger charge is -2.33. The molecule has 0 saturated carbocycles. The van der Waals surface area contributed by atoms with Gasteiger partial charge in [-0.15, -0.1) is 0 Å². The number of halogens is 3. The highest BCUT2D eigenvalue weighted by atomic mass is 35.5. The van der Waals surface area contributed by atoms with E-state index in [1.54, 1.807) is 6.92 Å². The number of β-amino-alcohol motifs (C(OH)–C–C–N with tert-alkyl or cyclic N) is 1. The zero-order valence-corrected chi connectivity index (χ0v) is 17.1. The predicted octanol–water partition coefficient (Wildman–Crippen LogP) is 3.19. The second-order valence-corrected chi connectivity index (χ2v) is 8.07. The van der Waals surface area contributed by atoms with Gasteiger partial charge in [0.15, 0.2) is 11.6 Å². The Bertz CT molecular complexity index is 1150. The van der Waals surface area contributed by atoms with Gasteiger partial charge in [0.05, 0.1) is 24.4 Å². The summed E-state index contributed by atoms with van der Waals surface area (Å²) in [5, 5.41) is 21.6. The number of oxazole rings is 1. The number of imidazole rings is 1. The maximum Gasteiger partial charge on any atom is 0.383 e. The molecule has 0 amide bonds. The number of benzene rings is 1. The number of aromatic nitrogens is 3. The summed E-state index contributed by atoms with van der Waals surface area (Å²) in [5.74, 6) is -1.54. The van der Waals surface area contributed by atoms with E-state index < -0.39 is 28.0 Å². The van der Waals surface area contributed by atoms with Crippen LogP contribution >= 0.6 is 11.6 Å². The van der Waals surface area contributed by atoms with Gasteiger partial charge >= 0.3 is 11.1 Å². The molecule has 3 aromatic rings. The third-order valence-electron chi connectivity index (χ3n) is 4.95. The SMILES string of the molecule is C[C@@](O)(CN1CCc2nc(-c3ccc(F)c(F)c3)oc2C1)Cn1cc([N+](=O)[O-])nc1Cl. The summed E-state index contributed by atoms with van der Waals surface area (Å²) in [5.41, 5.74) is -0.203. The number of hydrogen-bond acceptors (Lipinski definition) is 7. The van der Waals surface area contributed by atoms with E-state index in [1.165, 1.54) is 16.8 Å². The molecule has 0 unspecified atom stereocenters. The standard InChI is InChI=1S/C19H18ClF2N5O4/c1-19(28,10-26-8-16(27(29)30)24-18(26)20)9-25-5-4-14-15(7-25)31-17(23-14)11-2-3-12(21)13(22)6-11/h2-3,6,8,28H,4-5,7,9-10H2,1H3/t19-/m1/s1. The molecule has 0 bridgehead atoms. The number of hydrogen-bond donors (Lipinski definition) is 1. The zero-order valence-electron chi connectivity index (χ0n) is 16.4. The van der Waals surface area contributed by atoms with Gasteiger partial charge < -0.3 is 19.6 Å². The summed E-state index contributed by atoms with van der Waals surface area (Å²) in [7, 11) is 0. The molecule has 0 fully saturated rings. The van der Waals surface area contributed by atoms with Gasteiger partial charge in [-0.1, -0.05) is 0 Å². The normalized spacial score (nSPS) is 16.2. The summed E-state index contributed by atoms with van der Waals surface area (Å²) in [4.78, 5) is 20.2. The third-order valence-corrected chi connectivity index (χ3v) is 5.26. The molecule has 0 aliphatic carbocycles. The fourth-order valence-electron chi connectivity index (χ4n) is 3.61. The molecule has 4 rings (SSSR count). The molecule has 3 heterocycles. The minimum atomic E-state index is -1.27. The lowest BCUT2D eigenvalue weighted by Crippen LogP contribution is -2.45. The van der Waals surface area contributed by atoms with Crippen molar-refractivity contribution in [3.8, 4) is 11.5 Å². The highest BCUT2D eigenvalue weighted by Crippen LogP contribution is 2.28. The molecule has 164 valence electrons. The monoisotopic (exact) mass is 453 g/mol. The maximum absolute atomic E-state index is 13.5. The van der Waals surface area contributed by atoms with Gasteiger partial charge in [-0.2, -0.15) is 0 Å². The van der Waals surface area contributed by atoms with Crippen LogP contribution in [0.4, 0.5) is 14.6 Å². The van der Waals surface area contributed by atoms with Crippen molar-refractivity contribution >= 4 is 17.4 Å². The van der Waals surface area contributed by atoms with Crippen LogP contribution in [0, 0.1) is 21.7 Å². The van der Waals surface area contributed by atoms with Crippen molar-refractivity contribution in [1.82, 2.24) is 19.4 Å². The average molecular weight is 454 g/mol. The quantitative estimate of drug-likeness (QED) is 0.450. The van der Waals surface area contributed by atoms with Crippen molar-refractivity contribution in [2.45, 2.75) is 32.0 Å². The van der Waals surface area contributed by atoms with Crippen LogP contribution in [0.3, 0.4) is 0 Å². The van der Waals surface area contributed by atoms with Gasteiger partial charge in [0, 0.05) is 25.1 Å². The summed E-state index contributed by atoms with van der Waals surface area (Å²) < 4.78 is 33.8. The van der Waals surface area contributed by atoms with Crippen LogP contribution < -0.4 is 0 Å². The number of nitro groups is 1. The Labute approximate surface area is 180 Å². The van der Waals surface area contributed by atoms with Crippen LogP contribution in [0.25, 0.3) is 11.5 Å². The Morgan fingerprint density at radius 2 is 2.10 bits per heavy atom. The van der Waals surface area contributed by atoms with Crippen LogP contribution in [0.15, 0.2) is 28.8 Å². The molecule has 0 saturated heterocycles. The Morgan fingerprint density at radius 3 is 2.77 bits per heavy atom. The van der Waals surface area contributed by atoms with E-state index in [2.05, 4.69) is 9.97 Å². The molecule has 1 aromatic carbocycles. The lowest BCUT2D eigenvalue weighted by molar-refractivity contribution is -0.389. The van der Waals surface area contributed by atoms with Gasteiger partial charge in [0.25, 0.3) is 0 Å². The first kappa shape index (κ1) is 21.3. The van der Waals surface area contributed by atoms with Crippen LogP contribution in [-0.2, 0) is 19.5 Å². The van der Waals surface area contributed by atoms with E-state index in [1.807, 2.05) is 4.90 Å². The number of nitrogens with zero attached hydrogens (tertiary/aromatic N) is 5. The topological polar surface area (TPSA) is 110 Å². The van der Waals surface area contributed by atoms with Crippen LogP contribution in [0.2, 0.25) is 5.28 Å². The molecule has 1 aliphatic heterocycles. The molecular weight excluding hydrogens is 436 g/mol. The first-order chi connectivity index (χ1) is 14.6. The Balaban J connectivity index is 1.45. The summed E-state index contributed by atoms with van der Waals surface area (Å²) in [6.07, 6.45) is 1.73. The Morgan fingerprint density at radius 1 is 1.32 bits per heavy atom. The fourth-order valence-corrected chi connectivity index (χ4v) is 3.81. The Kier molecular flexibility index (Phi) is 5.50. The number of rotatable bonds is 6. The molecule has 0 radical (unpaired) electrons. The molecule has 2 aromatic heterocycles. The highest BCUT2D eigenvalue weighted by molar-refractivity contribution is 6.28. The number of fused-ring (bicyclic) bond motifs is 1. The van der Waals surface area contributed by atoms with Crippen LogP contribution in [0.1, 0.15) is 18.4 Å². The molecular formula is C19H18ClF2N5O4. The van der Waals surface area contributed by atoms with Crippen molar-refractivity contribution in [2.75, 3.05) is 13.1 Å². The second-order valence-electron chi connectivity index (χ2n) is 7.73. The van der Waals surface area contributed by atoms with E-state index in [4.69, 9.17) is 16.0 Å². The van der Waals surface area contributed by atoms with E-state index in [9.17, 15) is 24.0 Å². The van der Waals surface area contributed by atoms with Crippen molar-refractivity contribution < 1.29 is 23.2 Å². The summed E-state index contributed by atoms with van der Waals surface area (Å²) >= 11 is 5.94. The van der Waals surface area contributed by atoms with Gasteiger partial charge in [0.1, 0.15) is 12.0 Å². The second kappa shape index (κ2) is 7.98. The van der Waals surface area contributed by atoms with Crippen LogP contribution in [-0.4, -0.2) is 48.2 Å². The molecule has 9 nitrogen and oxygen atoms in total. The molecule has 31 heavy (non-hydrogen) atoms. The lowest BCUT2D eigenvalue weighted by atomic mass is 10.0. The van der Waals surface area contributed by atoms with E-state index >= 15 is 0 Å². The minimum Gasteiger partial charge on any atom is -0.440 e. The van der Waals surface area contributed by atoms with Crippen LogP contribution in [0.5, 0.6) is 0 Å². The van der Waals surface area contributed by atoms with E-state index in [0.717, 1.165) is 17.8 Å². The fraction of sp³-hybridized carbons (Fsp3) is 0.368. The van der Waals surface area contributed by atoms with Gasteiger partial charge in [-0.25, -0.2) is 13.8 Å². The van der Waals surface area contributed by atoms with Gasteiger partial charge in [-0.3, -0.25) is 9.47 Å². The van der Waals surface area contributed by atoms with E-state index in [0.29, 0.717) is 30.8 Å². The average Bonchev–Trinajstić information content (AvgIpc) is 3.27. The highest BCUT2D eigenvalue weighted by Gasteiger charge is 2.31. The maximum atomic E-state index is 13.5. The van der Waals surface area contributed by atoms with Gasteiger partial charge in [-0.05, 0) is 46.6 Å². The summed E-state index contributed by atoms with van der Waals surface area (Å²) in [6, 6.07) is 3.44. The van der Waals surface area contributed by atoms with Crippen molar-refractivity contribution in [2.24, 2.45) is 0 Å². The molecule has 1 atom stereocenters. The van der Waals surface area contributed by atoms with Crippen molar-refractivity contribution in [1.29, 1.82) is 0 Å². The zero-order chi connectivity index (χ0) is 22.3. The van der Waals surface area contributed by atoms with Crippen molar-refractivity contribution in [3.63, 3.8) is 0 Å². The van der Waals surface area contributed by atoms with Crippen molar-refractivity contribution in [3.05, 3.63) is 62.9 Å². The largest absolute Gasteiger partial charge is 0.440 e.